The lowest BCUT2D eigenvalue weighted by molar-refractivity contribution is -0.128. The van der Waals surface area contributed by atoms with Gasteiger partial charge in [0.1, 0.15) is 0 Å². The van der Waals surface area contributed by atoms with Gasteiger partial charge in [0, 0.05) is 19.7 Å². The molecule has 29 heavy (non-hydrogen) atoms. The number of hydrogen-bond acceptors (Lipinski definition) is 8. The van der Waals surface area contributed by atoms with Gasteiger partial charge < -0.3 is 9.64 Å². The second-order valence-corrected chi connectivity index (χ2v) is 11.5. The molecule has 2 aliphatic heterocycles. The third-order valence-electron chi connectivity index (χ3n) is 5.34. The first-order chi connectivity index (χ1) is 13.9. The summed E-state index contributed by atoms with van der Waals surface area (Å²) >= 11 is 2.94. The van der Waals surface area contributed by atoms with Crippen LogP contribution in [0.1, 0.15) is 19.3 Å². The summed E-state index contributed by atoms with van der Waals surface area (Å²) in [7, 11) is -1.34. The average molecular weight is 457 g/mol. The fourth-order valence-electron chi connectivity index (χ4n) is 3.65. The molecule has 4 rings (SSSR count). The van der Waals surface area contributed by atoms with Crippen LogP contribution in [0.15, 0.2) is 22.7 Å². The number of nitrogens with zero attached hydrogens (tertiary/aromatic N) is 4. The van der Waals surface area contributed by atoms with Crippen LogP contribution in [0.25, 0.3) is 10.7 Å². The van der Waals surface area contributed by atoms with Crippen molar-refractivity contribution in [1.82, 2.24) is 19.7 Å². The maximum absolute atomic E-state index is 12.6. The lowest BCUT2D eigenvalue weighted by Crippen LogP contribution is -2.38. The normalized spacial score (nSPS) is 23.5. The minimum absolute atomic E-state index is 0.0532. The van der Waals surface area contributed by atoms with Gasteiger partial charge in [0.25, 0.3) is 0 Å². The van der Waals surface area contributed by atoms with Gasteiger partial charge in [-0.05, 0) is 30.7 Å². The van der Waals surface area contributed by atoms with E-state index in [4.69, 9.17) is 4.74 Å². The summed E-state index contributed by atoms with van der Waals surface area (Å²) in [5.41, 5.74) is 0. The van der Waals surface area contributed by atoms with Gasteiger partial charge in [0.05, 0.1) is 34.8 Å². The Labute approximate surface area is 178 Å². The summed E-state index contributed by atoms with van der Waals surface area (Å²) in [6.07, 6.45) is 2.69. The molecule has 0 bridgehead atoms. The molecule has 158 valence electrons. The lowest BCUT2D eigenvalue weighted by atomic mass is 10.2. The van der Waals surface area contributed by atoms with Crippen LogP contribution in [0.4, 0.5) is 0 Å². The Balaban J connectivity index is 1.45. The molecule has 2 saturated heterocycles. The molecule has 2 aromatic rings. The van der Waals surface area contributed by atoms with Crippen LogP contribution >= 0.6 is 23.1 Å². The standard InChI is InChI=1S/C18H24N4O4S3/c1-21(13-6-9-29(24,25)12-13)16(23)11-28-18-20-19-17(15-5-3-8-27-15)22(18)10-14-4-2-7-26-14/h3,5,8,13-14H,2,4,6-7,9-12H2,1H3/t13-,14+/m1/s1. The first-order valence-electron chi connectivity index (χ1n) is 9.60. The Morgan fingerprint density at radius 3 is 2.93 bits per heavy atom. The maximum Gasteiger partial charge on any atom is 0.233 e. The molecule has 0 aromatic carbocycles. The fraction of sp³-hybridized carbons (Fsp3) is 0.611. The van der Waals surface area contributed by atoms with Gasteiger partial charge in [0.2, 0.25) is 5.91 Å². The van der Waals surface area contributed by atoms with Crippen LogP contribution in [0.5, 0.6) is 0 Å². The second kappa shape index (κ2) is 8.75. The number of thiophene rings is 1. The van der Waals surface area contributed by atoms with Gasteiger partial charge in [-0.1, -0.05) is 17.8 Å². The molecule has 0 unspecified atom stereocenters. The van der Waals surface area contributed by atoms with E-state index in [0.29, 0.717) is 18.1 Å². The van der Waals surface area contributed by atoms with Crippen LogP contribution in [-0.2, 0) is 25.9 Å². The number of aromatic nitrogens is 3. The molecule has 2 aliphatic rings. The number of carbonyl (C=O) groups excluding carboxylic acids is 1. The molecule has 2 fully saturated rings. The molecule has 0 aliphatic carbocycles. The lowest BCUT2D eigenvalue weighted by Gasteiger charge is -2.23. The van der Waals surface area contributed by atoms with Crippen LogP contribution in [0, 0.1) is 0 Å². The number of ether oxygens (including phenoxy) is 1. The van der Waals surface area contributed by atoms with E-state index in [9.17, 15) is 13.2 Å². The highest BCUT2D eigenvalue weighted by atomic mass is 32.2. The van der Waals surface area contributed by atoms with Crippen LogP contribution in [0.3, 0.4) is 0 Å². The molecule has 0 radical (unpaired) electrons. The summed E-state index contributed by atoms with van der Waals surface area (Å²) in [6, 6.07) is 3.75. The first-order valence-corrected chi connectivity index (χ1v) is 13.3. The van der Waals surface area contributed by atoms with Crippen molar-refractivity contribution >= 4 is 38.8 Å². The molecular formula is C18H24N4O4S3. The molecule has 4 heterocycles. The van der Waals surface area contributed by atoms with Crippen LogP contribution < -0.4 is 0 Å². The van der Waals surface area contributed by atoms with Gasteiger partial charge >= 0.3 is 0 Å². The Morgan fingerprint density at radius 1 is 1.41 bits per heavy atom. The van der Waals surface area contributed by atoms with Gasteiger partial charge in [-0.15, -0.1) is 21.5 Å². The zero-order valence-electron chi connectivity index (χ0n) is 16.2. The number of thioether (sulfide) groups is 1. The van der Waals surface area contributed by atoms with E-state index in [1.165, 1.54) is 11.8 Å². The molecule has 2 aromatic heterocycles. The summed E-state index contributed by atoms with van der Waals surface area (Å²) in [5.74, 6) is 1.10. The summed E-state index contributed by atoms with van der Waals surface area (Å²) < 4.78 is 31.2. The zero-order valence-corrected chi connectivity index (χ0v) is 18.6. The average Bonchev–Trinajstić information content (AvgIpc) is 3.47. The molecule has 2 atom stereocenters. The summed E-state index contributed by atoms with van der Waals surface area (Å²) in [5, 5.41) is 11.4. The number of hydrogen-bond donors (Lipinski definition) is 0. The molecule has 1 amide bonds. The van der Waals surface area contributed by atoms with E-state index in [-0.39, 0.29) is 35.3 Å². The Hall–Kier alpha value is -1.43. The monoisotopic (exact) mass is 456 g/mol. The Morgan fingerprint density at radius 2 is 2.28 bits per heavy atom. The smallest absolute Gasteiger partial charge is 0.233 e. The predicted molar refractivity (Wildman–Crippen MR) is 113 cm³/mol. The van der Waals surface area contributed by atoms with Gasteiger partial charge in [-0.25, -0.2) is 8.42 Å². The van der Waals surface area contributed by atoms with E-state index >= 15 is 0 Å². The largest absolute Gasteiger partial charge is 0.376 e. The molecule has 0 N–H and O–H groups in total. The summed E-state index contributed by atoms with van der Waals surface area (Å²) in [4.78, 5) is 15.2. The Bertz CT molecular complexity index is 952. The van der Waals surface area contributed by atoms with E-state index in [1.54, 1.807) is 23.3 Å². The number of carbonyl (C=O) groups is 1. The highest BCUT2D eigenvalue weighted by molar-refractivity contribution is 7.99. The quantitative estimate of drug-likeness (QED) is 0.588. The third kappa shape index (κ3) is 4.84. The topological polar surface area (TPSA) is 94.4 Å². The number of rotatable bonds is 7. The van der Waals surface area contributed by atoms with Crippen molar-refractivity contribution in [2.24, 2.45) is 0 Å². The van der Waals surface area contributed by atoms with Gasteiger partial charge in [-0.2, -0.15) is 0 Å². The third-order valence-corrected chi connectivity index (χ3v) is 8.91. The SMILES string of the molecule is CN(C(=O)CSc1nnc(-c2cccs2)n1C[C@@H]1CCCO1)[C@@H]1CCS(=O)(=O)C1. The highest BCUT2D eigenvalue weighted by Crippen LogP contribution is 2.29. The van der Waals surface area contributed by atoms with Crippen molar-refractivity contribution in [2.45, 2.75) is 43.1 Å². The minimum atomic E-state index is -3.02. The van der Waals surface area contributed by atoms with E-state index in [2.05, 4.69) is 10.2 Å². The highest BCUT2D eigenvalue weighted by Gasteiger charge is 2.33. The summed E-state index contributed by atoms with van der Waals surface area (Å²) in [6.45, 7) is 1.44. The van der Waals surface area contributed by atoms with Crippen LogP contribution in [0.2, 0.25) is 0 Å². The molecule has 11 heteroatoms. The maximum atomic E-state index is 12.6. The van der Waals surface area contributed by atoms with E-state index < -0.39 is 9.84 Å². The molecule has 0 spiro atoms. The fourth-order valence-corrected chi connectivity index (χ4v) is 7.02. The number of sulfone groups is 1. The van der Waals surface area contributed by atoms with Gasteiger partial charge in [0.15, 0.2) is 20.8 Å². The van der Waals surface area contributed by atoms with Crippen molar-refractivity contribution in [3.8, 4) is 10.7 Å². The molecule has 8 nitrogen and oxygen atoms in total. The van der Waals surface area contributed by atoms with E-state index in [1.807, 2.05) is 22.1 Å². The minimum Gasteiger partial charge on any atom is -0.376 e. The molecular weight excluding hydrogens is 432 g/mol. The van der Waals surface area contributed by atoms with Crippen molar-refractivity contribution in [3.63, 3.8) is 0 Å². The van der Waals surface area contributed by atoms with Crippen molar-refractivity contribution < 1.29 is 17.9 Å². The first kappa shape index (κ1) is 20.8. The van der Waals surface area contributed by atoms with Gasteiger partial charge in [-0.3, -0.25) is 9.36 Å². The van der Waals surface area contributed by atoms with E-state index in [0.717, 1.165) is 30.2 Å². The predicted octanol–water partition coefficient (Wildman–Crippen LogP) is 1.92. The van der Waals surface area contributed by atoms with Crippen molar-refractivity contribution in [1.29, 1.82) is 0 Å². The van der Waals surface area contributed by atoms with Crippen molar-refractivity contribution in [3.05, 3.63) is 17.5 Å². The zero-order chi connectivity index (χ0) is 20.4. The second-order valence-electron chi connectivity index (χ2n) is 7.38. The van der Waals surface area contributed by atoms with Crippen molar-refractivity contribution in [2.75, 3.05) is 30.9 Å². The van der Waals surface area contributed by atoms with Crippen LogP contribution in [-0.4, -0.2) is 77.0 Å². The molecule has 0 saturated carbocycles. The number of amides is 1. The Kier molecular flexibility index (Phi) is 6.28.